The number of aryl methyl sites for hydroxylation is 1. The summed E-state index contributed by atoms with van der Waals surface area (Å²) in [7, 11) is 0. The number of carbonyl (C=O) groups excluding carboxylic acids is 2. The monoisotopic (exact) mass is 524 g/mol. The summed E-state index contributed by atoms with van der Waals surface area (Å²) in [5.74, 6) is 0.113. The van der Waals surface area contributed by atoms with Crippen LogP contribution in [0, 0.1) is 19.8 Å². The molecule has 4 rings (SSSR count). The number of amides is 2. The fourth-order valence-electron chi connectivity index (χ4n) is 4.63. The summed E-state index contributed by atoms with van der Waals surface area (Å²) < 4.78 is 7.90. The van der Waals surface area contributed by atoms with Crippen molar-refractivity contribution >= 4 is 28.9 Å². The van der Waals surface area contributed by atoms with Crippen molar-refractivity contribution in [1.82, 2.24) is 15.3 Å². The molecule has 1 aromatic heterocycles. The summed E-state index contributed by atoms with van der Waals surface area (Å²) in [5, 5.41) is 8.16. The van der Waals surface area contributed by atoms with Gasteiger partial charge in [-0.2, -0.15) is 5.10 Å². The van der Waals surface area contributed by atoms with E-state index in [1.54, 1.807) is 6.21 Å². The van der Waals surface area contributed by atoms with E-state index in [4.69, 9.17) is 4.74 Å². The summed E-state index contributed by atoms with van der Waals surface area (Å²) >= 11 is 0. The van der Waals surface area contributed by atoms with Gasteiger partial charge in [-0.05, 0) is 49.4 Å². The van der Waals surface area contributed by atoms with Crippen LogP contribution < -0.4 is 15.5 Å². The summed E-state index contributed by atoms with van der Waals surface area (Å²) in [6.45, 7) is 8.55. The zero-order valence-electron chi connectivity index (χ0n) is 23.0. The number of carbonyl (C=O) groups is 2. The Balaban J connectivity index is 1.45. The third-order valence-electron chi connectivity index (χ3n) is 6.64. The molecule has 0 saturated heterocycles. The van der Waals surface area contributed by atoms with E-state index in [0.29, 0.717) is 12.2 Å². The van der Waals surface area contributed by atoms with Crippen molar-refractivity contribution in [2.45, 2.75) is 46.7 Å². The second kappa shape index (κ2) is 12.9. The van der Waals surface area contributed by atoms with Gasteiger partial charge < -0.3 is 14.6 Å². The number of aromatic nitrogens is 1. The van der Waals surface area contributed by atoms with Crippen LogP contribution in [-0.4, -0.2) is 35.2 Å². The summed E-state index contributed by atoms with van der Waals surface area (Å²) in [6.07, 6.45) is 2.17. The summed E-state index contributed by atoms with van der Waals surface area (Å²) in [6, 6.07) is 25.2. The standard InChI is InChI=1S/C32H36N4O3/c1-22(2)18-28(34-31(37)21-39-30-17-11-8-12-23(30)3)32(38)35-33-19-27-24(4)36(20-25-13-6-5-7-14-25)29-16-10-9-15-26(27)29/h5-17,19,22,28H,18,20-21H2,1-4H3,(H,34,37)(H,35,38)/b33-19-/t28-/m0/s1. The Kier molecular flexibility index (Phi) is 9.15. The largest absolute Gasteiger partial charge is 0.484 e. The molecule has 0 aliphatic rings. The first kappa shape index (κ1) is 27.6. The minimum Gasteiger partial charge on any atom is -0.484 e. The molecule has 202 valence electrons. The minimum atomic E-state index is -0.726. The molecule has 39 heavy (non-hydrogen) atoms. The van der Waals surface area contributed by atoms with Gasteiger partial charge in [-0.3, -0.25) is 9.59 Å². The molecule has 0 spiro atoms. The fraction of sp³-hybridized carbons (Fsp3) is 0.281. The molecule has 0 saturated carbocycles. The van der Waals surface area contributed by atoms with Crippen molar-refractivity contribution in [3.63, 3.8) is 0 Å². The van der Waals surface area contributed by atoms with Crippen LogP contribution in [0.5, 0.6) is 5.75 Å². The predicted molar refractivity (Wildman–Crippen MR) is 156 cm³/mol. The molecule has 2 N–H and O–H groups in total. The molecule has 0 radical (unpaired) electrons. The lowest BCUT2D eigenvalue weighted by atomic mass is 10.0. The van der Waals surface area contributed by atoms with Gasteiger partial charge in [0.15, 0.2) is 6.61 Å². The van der Waals surface area contributed by atoms with Crippen LogP contribution in [-0.2, 0) is 16.1 Å². The van der Waals surface area contributed by atoms with Gasteiger partial charge in [0.05, 0.1) is 6.21 Å². The van der Waals surface area contributed by atoms with Crippen molar-refractivity contribution in [1.29, 1.82) is 0 Å². The fourth-order valence-corrected chi connectivity index (χ4v) is 4.63. The molecule has 2 amide bonds. The van der Waals surface area contributed by atoms with Gasteiger partial charge in [-0.15, -0.1) is 0 Å². The van der Waals surface area contributed by atoms with E-state index in [2.05, 4.69) is 51.6 Å². The lowest BCUT2D eigenvalue weighted by Crippen LogP contribution is -2.47. The Hall–Kier alpha value is -4.39. The number of rotatable bonds is 11. The second-order valence-corrected chi connectivity index (χ2v) is 10.1. The van der Waals surface area contributed by atoms with Gasteiger partial charge in [0, 0.05) is 28.7 Å². The third-order valence-corrected chi connectivity index (χ3v) is 6.64. The zero-order chi connectivity index (χ0) is 27.8. The molecule has 0 aliphatic heterocycles. The van der Waals surface area contributed by atoms with Crippen LogP contribution in [0.2, 0.25) is 0 Å². The first-order chi connectivity index (χ1) is 18.8. The molecule has 0 aliphatic carbocycles. The Morgan fingerprint density at radius 1 is 0.949 bits per heavy atom. The molecule has 0 unspecified atom stereocenters. The van der Waals surface area contributed by atoms with E-state index in [0.717, 1.165) is 34.3 Å². The Morgan fingerprint density at radius 3 is 2.38 bits per heavy atom. The van der Waals surface area contributed by atoms with Crippen molar-refractivity contribution < 1.29 is 14.3 Å². The number of ether oxygens (including phenoxy) is 1. The maximum atomic E-state index is 13.0. The molecule has 0 fully saturated rings. The van der Waals surface area contributed by atoms with Gasteiger partial charge in [-0.1, -0.05) is 80.6 Å². The van der Waals surface area contributed by atoms with Gasteiger partial charge in [0.1, 0.15) is 11.8 Å². The molecular weight excluding hydrogens is 488 g/mol. The van der Waals surface area contributed by atoms with Crippen molar-refractivity contribution in [3.8, 4) is 5.75 Å². The number of nitrogens with one attached hydrogen (secondary N) is 2. The molecular formula is C32H36N4O3. The van der Waals surface area contributed by atoms with E-state index in [1.165, 1.54) is 5.56 Å². The normalized spacial score (nSPS) is 12.1. The highest BCUT2D eigenvalue weighted by Gasteiger charge is 2.22. The topological polar surface area (TPSA) is 84.7 Å². The number of hydrogen-bond acceptors (Lipinski definition) is 4. The number of fused-ring (bicyclic) bond motifs is 1. The highest BCUT2D eigenvalue weighted by atomic mass is 16.5. The van der Waals surface area contributed by atoms with Crippen LogP contribution in [0.4, 0.5) is 0 Å². The Morgan fingerprint density at radius 2 is 1.64 bits per heavy atom. The molecule has 0 bridgehead atoms. The van der Waals surface area contributed by atoms with Crippen molar-refractivity contribution in [2.75, 3.05) is 6.61 Å². The first-order valence-corrected chi connectivity index (χ1v) is 13.3. The third kappa shape index (κ3) is 7.13. The van der Waals surface area contributed by atoms with Crippen LogP contribution in [0.25, 0.3) is 10.9 Å². The van der Waals surface area contributed by atoms with Crippen LogP contribution in [0.15, 0.2) is 84.0 Å². The Bertz CT molecular complexity index is 1460. The smallest absolute Gasteiger partial charge is 0.262 e. The first-order valence-electron chi connectivity index (χ1n) is 13.3. The van der Waals surface area contributed by atoms with E-state index in [-0.39, 0.29) is 24.3 Å². The molecule has 7 nitrogen and oxygen atoms in total. The lowest BCUT2D eigenvalue weighted by Gasteiger charge is -2.19. The van der Waals surface area contributed by atoms with Gasteiger partial charge in [0.2, 0.25) is 0 Å². The highest BCUT2D eigenvalue weighted by molar-refractivity contribution is 6.01. The number of hydrogen-bond donors (Lipinski definition) is 2. The van der Waals surface area contributed by atoms with Gasteiger partial charge in [0.25, 0.3) is 11.8 Å². The molecule has 4 aromatic rings. The van der Waals surface area contributed by atoms with Crippen molar-refractivity contribution in [2.24, 2.45) is 11.0 Å². The number of benzene rings is 3. The van der Waals surface area contributed by atoms with E-state index < -0.39 is 6.04 Å². The average Bonchev–Trinajstić information content (AvgIpc) is 3.18. The number of nitrogens with zero attached hydrogens (tertiary/aromatic N) is 2. The van der Waals surface area contributed by atoms with E-state index >= 15 is 0 Å². The maximum Gasteiger partial charge on any atom is 0.262 e. The SMILES string of the molecule is Cc1ccccc1OCC(=O)N[C@@H](CC(C)C)C(=O)N/N=C\c1c(C)n(Cc2ccccc2)c2ccccc12. The van der Waals surface area contributed by atoms with E-state index in [1.807, 2.05) is 75.4 Å². The van der Waals surface area contributed by atoms with Gasteiger partial charge >= 0.3 is 0 Å². The van der Waals surface area contributed by atoms with Crippen LogP contribution in [0.1, 0.15) is 42.7 Å². The quantitative estimate of drug-likeness (QED) is 0.204. The Labute approximate surface area is 229 Å². The predicted octanol–water partition coefficient (Wildman–Crippen LogP) is 5.37. The average molecular weight is 525 g/mol. The minimum absolute atomic E-state index is 0.171. The second-order valence-electron chi connectivity index (χ2n) is 10.1. The molecule has 1 atom stereocenters. The number of para-hydroxylation sites is 2. The zero-order valence-corrected chi connectivity index (χ0v) is 23.0. The molecule has 3 aromatic carbocycles. The lowest BCUT2D eigenvalue weighted by molar-refractivity contribution is -0.130. The summed E-state index contributed by atoms with van der Waals surface area (Å²) in [4.78, 5) is 25.6. The van der Waals surface area contributed by atoms with E-state index in [9.17, 15) is 9.59 Å². The van der Waals surface area contributed by atoms with Crippen LogP contribution in [0.3, 0.4) is 0 Å². The van der Waals surface area contributed by atoms with Crippen LogP contribution >= 0.6 is 0 Å². The maximum absolute atomic E-state index is 13.0. The number of hydrazone groups is 1. The van der Waals surface area contributed by atoms with Crippen molar-refractivity contribution in [3.05, 3.63) is 101 Å². The summed E-state index contributed by atoms with van der Waals surface area (Å²) in [5.41, 5.74) is 7.89. The van der Waals surface area contributed by atoms with Gasteiger partial charge in [-0.25, -0.2) is 5.43 Å². The molecule has 7 heteroatoms. The highest BCUT2D eigenvalue weighted by Crippen LogP contribution is 2.25. The molecule has 1 heterocycles.